The molecule has 23 heavy (non-hydrogen) atoms. The van der Waals surface area contributed by atoms with Gasteiger partial charge in [0.25, 0.3) is 0 Å². The zero-order valence-electron chi connectivity index (χ0n) is 13.8. The van der Waals surface area contributed by atoms with Gasteiger partial charge in [-0.1, -0.05) is 25.5 Å². The predicted octanol–water partition coefficient (Wildman–Crippen LogP) is 1.30. The standard InChI is InChI=1S/C16H25N3O3S/c1-4-5-13-10-15(19-18-13)16(20)17-11(2)12-6-8-14(9-7-12)23(3,21)22/h6-9,11,13,15,18-19H,4-5,10H2,1-3H3,(H,17,20). The monoisotopic (exact) mass is 339 g/mol. The first-order valence-electron chi connectivity index (χ1n) is 7.92. The summed E-state index contributed by atoms with van der Waals surface area (Å²) < 4.78 is 22.9. The lowest BCUT2D eigenvalue weighted by Gasteiger charge is -2.17. The van der Waals surface area contributed by atoms with Crippen molar-refractivity contribution in [3.63, 3.8) is 0 Å². The Kier molecular flexibility index (Phi) is 5.78. The molecule has 0 bridgehead atoms. The van der Waals surface area contributed by atoms with Crippen molar-refractivity contribution in [1.82, 2.24) is 16.2 Å². The molecule has 3 unspecified atom stereocenters. The molecule has 1 aliphatic rings. The lowest BCUT2D eigenvalue weighted by Crippen LogP contribution is -2.44. The molecular weight excluding hydrogens is 314 g/mol. The number of amides is 1. The summed E-state index contributed by atoms with van der Waals surface area (Å²) in [4.78, 5) is 12.6. The van der Waals surface area contributed by atoms with Gasteiger partial charge in [0, 0.05) is 12.3 Å². The van der Waals surface area contributed by atoms with Crippen LogP contribution in [0.15, 0.2) is 29.2 Å². The molecule has 1 fully saturated rings. The molecule has 3 N–H and O–H groups in total. The normalized spacial score (nSPS) is 22.7. The number of benzene rings is 1. The van der Waals surface area contributed by atoms with Crippen LogP contribution < -0.4 is 16.2 Å². The van der Waals surface area contributed by atoms with Crippen molar-refractivity contribution in [1.29, 1.82) is 0 Å². The summed E-state index contributed by atoms with van der Waals surface area (Å²) in [7, 11) is -3.20. The van der Waals surface area contributed by atoms with E-state index in [9.17, 15) is 13.2 Å². The number of carbonyl (C=O) groups is 1. The molecular formula is C16H25N3O3S. The van der Waals surface area contributed by atoms with Crippen molar-refractivity contribution < 1.29 is 13.2 Å². The summed E-state index contributed by atoms with van der Waals surface area (Å²) >= 11 is 0. The molecule has 3 atom stereocenters. The molecule has 0 aliphatic carbocycles. The first-order valence-corrected chi connectivity index (χ1v) is 9.82. The molecule has 1 aromatic rings. The predicted molar refractivity (Wildman–Crippen MR) is 89.5 cm³/mol. The van der Waals surface area contributed by atoms with Gasteiger partial charge in [-0.3, -0.25) is 10.2 Å². The summed E-state index contributed by atoms with van der Waals surface area (Å²) in [5.41, 5.74) is 7.06. The van der Waals surface area contributed by atoms with Crippen LogP contribution in [0.3, 0.4) is 0 Å². The van der Waals surface area contributed by atoms with E-state index < -0.39 is 9.84 Å². The minimum Gasteiger partial charge on any atom is -0.348 e. The van der Waals surface area contributed by atoms with Crippen molar-refractivity contribution in [2.75, 3.05) is 6.26 Å². The summed E-state index contributed by atoms with van der Waals surface area (Å²) in [5.74, 6) is -0.0456. The molecule has 7 heteroatoms. The SMILES string of the molecule is CCCC1CC(C(=O)NC(C)c2ccc(S(C)(=O)=O)cc2)NN1. The van der Waals surface area contributed by atoms with E-state index in [0.717, 1.165) is 24.8 Å². The molecule has 1 aliphatic heterocycles. The maximum absolute atomic E-state index is 12.3. The summed E-state index contributed by atoms with van der Waals surface area (Å²) in [6, 6.07) is 6.54. The summed E-state index contributed by atoms with van der Waals surface area (Å²) in [5, 5.41) is 2.97. The highest BCUT2D eigenvalue weighted by Gasteiger charge is 2.29. The van der Waals surface area contributed by atoms with E-state index in [1.165, 1.54) is 6.26 Å². The second-order valence-electron chi connectivity index (χ2n) is 6.13. The number of hydrazine groups is 1. The molecule has 1 heterocycles. The number of sulfone groups is 1. The smallest absolute Gasteiger partial charge is 0.239 e. The molecule has 0 saturated carbocycles. The van der Waals surface area contributed by atoms with Crippen LogP contribution in [0.4, 0.5) is 0 Å². The Hall–Kier alpha value is -1.44. The van der Waals surface area contributed by atoms with Gasteiger partial charge in [0.15, 0.2) is 9.84 Å². The first-order chi connectivity index (χ1) is 10.8. The van der Waals surface area contributed by atoms with E-state index in [1.807, 2.05) is 6.92 Å². The third-order valence-electron chi connectivity index (χ3n) is 4.10. The van der Waals surface area contributed by atoms with Crippen LogP contribution in [0, 0.1) is 0 Å². The Morgan fingerprint density at radius 2 is 1.96 bits per heavy atom. The number of carbonyl (C=O) groups excluding carboxylic acids is 1. The van der Waals surface area contributed by atoms with Crippen LogP contribution in [-0.4, -0.2) is 32.7 Å². The van der Waals surface area contributed by atoms with Crippen molar-refractivity contribution in [3.8, 4) is 0 Å². The van der Waals surface area contributed by atoms with Crippen molar-refractivity contribution in [2.24, 2.45) is 0 Å². The van der Waals surface area contributed by atoms with Crippen LogP contribution in [0.25, 0.3) is 0 Å². The van der Waals surface area contributed by atoms with Crippen molar-refractivity contribution in [2.45, 2.75) is 56.1 Å². The highest BCUT2D eigenvalue weighted by Crippen LogP contribution is 2.17. The van der Waals surface area contributed by atoms with E-state index in [1.54, 1.807) is 24.3 Å². The van der Waals surface area contributed by atoms with Gasteiger partial charge in [-0.15, -0.1) is 0 Å². The maximum atomic E-state index is 12.3. The van der Waals surface area contributed by atoms with Crippen molar-refractivity contribution >= 4 is 15.7 Å². The zero-order valence-corrected chi connectivity index (χ0v) is 14.6. The largest absolute Gasteiger partial charge is 0.348 e. The van der Waals surface area contributed by atoms with Gasteiger partial charge in [0.2, 0.25) is 5.91 Å². The number of rotatable bonds is 6. The second kappa shape index (κ2) is 7.42. The lowest BCUT2D eigenvalue weighted by atomic mass is 10.0. The fourth-order valence-electron chi connectivity index (χ4n) is 2.73. The molecule has 1 amide bonds. The van der Waals surface area contributed by atoms with Gasteiger partial charge in [-0.25, -0.2) is 13.8 Å². The summed E-state index contributed by atoms with van der Waals surface area (Å²) in [6.45, 7) is 4.01. The fraction of sp³-hybridized carbons (Fsp3) is 0.562. The first kappa shape index (κ1) is 17.9. The molecule has 0 spiro atoms. The third-order valence-corrected chi connectivity index (χ3v) is 5.23. The van der Waals surface area contributed by atoms with Crippen LogP contribution >= 0.6 is 0 Å². The number of hydrogen-bond donors (Lipinski definition) is 3. The zero-order chi connectivity index (χ0) is 17.0. The molecule has 1 saturated heterocycles. The minimum atomic E-state index is -3.20. The van der Waals surface area contributed by atoms with Crippen molar-refractivity contribution in [3.05, 3.63) is 29.8 Å². The van der Waals surface area contributed by atoms with E-state index >= 15 is 0 Å². The Morgan fingerprint density at radius 3 is 2.52 bits per heavy atom. The Morgan fingerprint density at radius 1 is 1.30 bits per heavy atom. The third kappa shape index (κ3) is 4.76. The maximum Gasteiger partial charge on any atom is 0.239 e. The molecule has 0 aromatic heterocycles. The van der Waals surface area contributed by atoms with Gasteiger partial charge in [-0.05, 0) is 37.5 Å². The highest BCUT2D eigenvalue weighted by atomic mass is 32.2. The number of hydrogen-bond acceptors (Lipinski definition) is 5. The molecule has 0 radical (unpaired) electrons. The molecule has 2 rings (SSSR count). The molecule has 6 nitrogen and oxygen atoms in total. The Bertz CT molecular complexity index is 643. The van der Waals surface area contributed by atoms with E-state index in [0.29, 0.717) is 6.04 Å². The van der Waals surface area contributed by atoms with Gasteiger partial charge in [-0.2, -0.15) is 0 Å². The van der Waals surface area contributed by atoms with Gasteiger partial charge >= 0.3 is 0 Å². The average Bonchev–Trinajstić information content (AvgIpc) is 2.95. The quantitative estimate of drug-likeness (QED) is 0.727. The lowest BCUT2D eigenvalue weighted by molar-refractivity contribution is -0.123. The van der Waals surface area contributed by atoms with Crippen LogP contribution in [0.5, 0.6) is 0 Å². The van der Waals surface area contributed by atoms with E-state index in [2.05, 4.69) is 23.1 Å². The number of nitrogens with one attached hydrogen (secondary N) is 3. The van der Waals surface area contributed by atoms with E-state index in [4.69, 9.17) is 0 Å². The van der Waals surface area contributed by atoms with Gasteiger partial charge < -0.3 is 5.32 Å². The van der Waals surface area contributed by atoms with Gasteiger partial charge in [0.05, 0.1) is 10.9 Å². The van der Waals surface area contributed by atoms with Crippen LogP contribution in [0.2, 0.25) is 0 Å². The van der Waals surface area contributed by atoms with Crippen LogP contribution in [-0.2, 0) is 14.6 Å². The summed E-state index contributed by atoms with van der Waals surface area (Å²) in [6.07, 6.45) is 4.08. The molecule has 1 aromatic carbocycles. The Labute approximate surface area is 137 Å². The Balaban J connectivity index is 1.94. The fourth-order valence-corrected chi connectivity index (χ4v) is 3.36. The van der Waals surface area contributed by atoms with E-state index in [-0.39, 0.29) is 22.9 Å². The highest BCUT2D eigenvalue weighted by molar-refractivity contribution is 7.90. The second-order valence-corrected chi connectivity index (χ2v) is 8.15. The minimum absolute atomic E-state index is 0.0456. The average molecular weight is 339 g/mol. The van der Waals surface area contributed by atoms with Crippen LogP contribution in [0.1, 0.15) is 44.7 Å². The molecule has 128 valence electrons. The topological polar surface area (TPSA) is 87.3 Å². The van der Waals surface area contributed by atoms with Gasteiger partial charge in [0.1, 0.15) is 6.04 Å².